The molecule has 0 amide bonds. The fourth-order valence-electron chi connectivity index (χ4n) is 3.19. The highest BCUT2D eigenvalue weighted by Gasteiger charge is 2.22. The van der Waals surface area contributed by atoms with E-state index in [0.717, 1.165) is 29.1 Å². The van der Waals surface area contributed by atoms with Crippen LogP contribution in [0.4, 0.5) is 0 Å². The molecule has 1 aliphatic rings. The number of carbonyl (C=O) groups excluding carboxylic acids is 1. The quantitative estimate of drug-likeness (QED) is 0.399. The van der Waals surface area contributed by atoms with Crippen LogP contribution in [0, 0.1) is 4.64 Å². The lowest BCUT2D eigenvalue weighted by Gasteiger charge is -2.15. The fraction of sp³-hybridized carbons (Fsp3) is 0.150. The van der Waals surface area contributed by atoms with Gasteiger partial charge in [-0.25, -0.2) is 9.78 Å². The first kappa shape index (κ1) is 15.7. The molecule has 4 nitrogen and oxygen atoms in total. The molecule has 1 aromatic heterocycles. The van der Waals surface area contributed by atoms with Crippen LogP contribution in [-0.2, 0) is 11.2 Å². The van der Waals surface area contributed by atoms with E-state index in [4.69, 9.17) is 17.0 Å². The Labute approximate surface area is 150 Å². The topological polar surface area (TPSA) is 44.1 Å². The Morgan fingerprint density at radius 1 is 1.16 bits per heavy atom. The van der Waals surface area contributed by atoms with Crippen molar-refractivity contribution in [3.05, 3.63) is 76.1 Å². The Morgan fingerprint density at radius 3 is 2.68 bits per heavy atom. The van der Waals surface area contributed by atoms with Crippen LogP contribution in [0.2, 0.25) is 0 Å². The molecular weight excluding hydrogens is 332 g/mol. The Morgan fingerprint density at radius 2 is 1.88 bits per heavy atom. The van der Waals surface area contributed by atoms with Crippen molar-refractivity contribution in [1.29, 1.82) is 0 Å². The predicted octanol–water partition coefficient (Wildman–Crippen LogP) is 4.35. The van der Waals surface area contributed by atoms with Gasteiger partial charge in [0.05, 0.1) is 12.3 Å². The van der Waals surface area contributed by atoms with Gasteiger partial charge in [-0.3, -0.25) is 4.57 Å². The molecule has 0 radical (unpaired) electrons. The zero-order chi connectivity index (χ0) is 17.4. The molecule has 0 fully saturated rings. The molecule has 0 bridgehead atoms. The monoisotopic (exact) mass is 348 g/mol. The summed E-state index contributed by atoms with van der Waals surface area (Å²) in [5.74, 6) is 0.309. The van der Waals surface area contributed by atoms with E-state index in [1.807, 2.05) is 41.0 Å². The molecule has 2 heterocycles. The normalized spacial score (nSPS) is 11.7. The summed E-state index contributed by atoms with van der Waals surface area (Å²) in [6.07, 6.45) is 2.32. The number of fused-ring (bicyclic) bond motifs is 5. The van der Waals surface area contributed by atoms with Gasteiger partial charge in [-0.2, -0.15) is 0 Å². The highest BCUT2D eigenvalue weighted by Crippen LogP contribution is 2.33. The number of hydrogen-bond donors (Lipinski definition) is 0. The summed E-state index contributed by atoms with van der Waals surface area (Å²) < 4.78 is 7.44. The maximum absolute atomic E-state index is 12.3. The summed E-state index contributed by atoms with van der Waals surface area (Å²) in [4.78, 5) is 16.8. The summed E-state index contributed by atoms with van der Waals surface area (Å²) in [5.41, 5.74) is 4.63. The van der Waals surface area contributed by atoms with Crippen molar-refractivity contribution in [3.63, 3.8) is 0 Å². The molecule has 1 aliphatic heterocycles. The van der Waals surface area contributed by atoms with E-state index in [-0.39, 0.29) is 0 Å². The number of ether oxygens (including phenoxy) is 1. The fourth-order valence-corrected chi connectivity index (χ4v) is 3.51. The second kappa shape index (κ2) is 6.26. The first-order valence-corrected chi connectivity index (χ1v) is 8.57. The highest BCUT2D eigenvalue weighted by atomic mass is 32.1. The van der Waals surface area contributed by atoms with Crippen molar-refractivity contribution in [2.24, 2.45) is 0 Å². The zero-order valence-corrected chi connectivity index (χ0v) is 14.5. The lowest BCUT2D eigenvalue weighted by atomic mass is 10.0. The van der Waals surface area contributed by atoms with E-state index < -0.39 is 5.97 Å². The molecule has 2 aromatic carbocycles. The minimum absolute atomic E-state index is 0.300. The Kier molecular flexibility index (Phi) is 3.93. The number of hydrogen-bond acceptors (Lipinski definition) is 4. The molecular formula is C20H16N2O2S. The van der Waals surface area contributed by atoms with E-state index >= 15 is 0 Å². The largest absolute Gasteiger partial charge is 0.462 e. The zero-order valence-electron chi connectivity index (χ0n) is 13.7. The van der Waals surface area contributed by atoms with Crippen LogP contribution in [0.15, 0.2) is 54.7 Å². The summed E-state index contributed by atoms with van der Waals surface area (Å²) in [5, 5.41) is 0. The highest BCUT2D eigenvalue weighted by molar-refractivity contribution is 7.71. The van der Waals surface area contributed by atoms with Gasteiger partial charge >= 0.3 is 5.97 Å². The van der Waals surface area contributed by atoms with Crippen LogP contribution in [0.3, 0.4) is 0 Å². The third kappa shape index (κ3) is 2.57. The van der Waals surface area contributed by atoms with Crippen LogP contribution in [-0.4, -0.2) is 22.1 Å². The predicted molar refractivity (Wildman–Crippen MR) is 98.6 cm³/mol. The maximum atomic E-state index is 12.3. The van der Waals surface area contributed by atoms with Gasteiger partial charge in [-0.05, 0) is 24.1 Å². The molecule has 0 saturated carbocycles. The van der Waals surface area contributed by atoms with Gasteiger partial charge < -0.3 is 4.74 Å². The SMILES string of the molecule is CCOC(=O)c1cnc2n(c1=S)-c1ccccc1Cc1ccccc1-2. The van der Waals surface area contributed by atoms with Gasteiger partial charge in [0.1, 0.15) is 16.0 Å². The Balaban J connectivity index is 2.07. The Bertz CT molecular complexity index is 1040. The molecule has 0 N–H and O–H groups in total. The second-order valence-corrected chi connectivity index (χ2v) is 6.21. The second-order valence-electron chi connectivity index (χ2n) is 5.82. The number of benzene rings is 2. The average molecular weight is 348 g/mol. The molecule has 0 saturated heterocycles. The van der Waals surface area contributed by atoms with Crippen molar-refractivity contribution in [3.8, 4) is 17.1 Å². The lowest BCUT2D eigenvalue weighted by molar-refractivity contribution is 0.0524. The average Bonchev–Trinajstić information content (AvgIpc) is 2.77. The Hall–Kier alpha value is -2.79. The minimum Gasteiger partial charge on any atom is -0.462 e. The molecule has 0 unspecified atom stereocenters. The van der Waals surface area contributed by atoms with E-state index in [0.29, 0.717) is 16.8 Å². The molecule has 0 spiro atoms. The summed E-state index contributed by atoms with van der Waals surface area (Å²) in [7, 11) is 0. The number of para-hydroxylation sites is 1. The van der Waals surface area contributed by atoms with Gasteiger partial charge in [-0.15, -0.1) is 0 Å². The minimum atomic E-state index is -0.440. The smallest absolute Gasteiger partial charge is 0.342 e. The van der Waals surface area contributed by atoms with E-state index in [1.54, 1.807) is 6.92 Å². The van der Waals surface area contributed by atoms with Crippen LogP contribution < -0.4 is 0 Å². The van der Waals surface area contributed by atoms with Crippen molar-refractivity contribution in [1.82, 2.24) is 9.55 Å². The molecule has 3 aromatic rings. The standard InChI is InChI=1S/C20H16N2O2S/c1-2-24-20(23)16-12-21-18-15-9-5-3-7-13(15)11-14-8-4-6-10-17(14)22(18)19(16)25/h3-10,12H,2,11H2,1H3. The molecule has 124 valence electrons. The van der Waals surface area contributed by atoms with Gasteiger partial charge in [0, 0.05) is 18.2 Å². The first-order chi connectivity index (χ1) is 12.2. The van der Waals surface area contributed by atoms with Crippen molar-refractivity contribution in [2.45, 2.75) is 13.3 Å². The third-order valence-corrected chi connectivity index (χ3v) is 4.73. The molecule has 5 heteroatoms. The molecule has 25 heavy (non-hydrogen) atoms. The summed E-state index contributed by atoms with van der Waals surface area (Å²) in [6.45, 7) is 2.07. The summed E-state index contributed by atoms with van der Waals surface area (Å²) >= 11 is 5.66. The van der Waals surface area contributed by atoms with E-state index in [2.05, 4.69) is 17.1 Å². The number of aromatic nitrogens is 2. The first-order valence-electron chi connectivity index (χ1n) is 8.16. The third-order valence-electron chi connectivity index (χ3n) is 4.33. The van der Waals surface area contributed by atoms with Crippen LogP contribution >= 0.6 is 12.2 Å². The van der Waals surface area contributed by atoms with E-state index in [9.17, 15) is 4.79 Å². The van der Waals surface area contributed by atoms with Gasteiger partial charge in [-0.1, -0.05) is 54.7 Å². The number of esters is 1. The van der Waals surface area contributed by atoms with Crippen LogP contribution in [0.25, 0.3) is 17.1 Å². The van der Waals surface area contributed by atoms with Gasteiger partial charge in [0.15, 0.2) is 0 Å². The summed E-state index contributed by atoms with van der Waals surface area (Å²) in [6, 6.07) is 16.2. The number of carbonyl (C=O) groups is 1. The van der Waals surface area contributed by atoms with Crippen LogP contribution in [0.1, 0.15) is 28.4 Å². The number of nitrogens with zero attached hydrogens (tertiary/aromatic N) is 2. The van der Waals surface area contributed by atoms with Crippen molar-refractivity contribution in [2.75, 3.05) is 6.61 Å². The van der Waals surface area contributed by atoms with Crippen molar-refractivity contribution < 1.29 is 9.53 Å². The van der Waals surface area contributed by atoms with Crippen LogP contribution in [0.5, 0.6) is 0 Å². The number of rotatable bonds is 2. The molecule has 0 atom stereocenters. The van der Waals surface area contributed by atoms with E-state index in [1.165, 1.54) is 11.8 Å². The van der Waals surface area contributed by atoms with Gasteiger partial charge in [0.2, 0.25) is 0 Å². The lowest BCUT2D eigenvalue weighted by Crippen LogP contribution is -2.13. The maximum Gasteiger partial charge on any atom is 0.342 e. The van der Waals surface area contributed by atoms with Crippen molar-refractivity contribution >= 4 is 18.2 Å². The molecule has 4 rings (SSSR count). The van der Waals surface area contributed by atoms with Gasteiger partial charge in [0.25, 0.3) is 0 Å². The molecule has 0 aliphatic carbocycles.